The molecule has 0 spiro atoms. The monoisotopic (exact) mass is 305 g/mol. The molecular formula is C16H27N5O. The summed E-state index contributed by atoms with van der Waals surface area (Å²) in [5.41, 5.74) is 0. The highest BCUT2D eigenvalue weighted by Crippen LogP contribution is 2.34. The summed E-state index contributed by atoms with van der Waals surface area (Å²) in [6.07, 6.45) is 10.5. The number of nitrogens with one attached hydrogen (secondary N) is 2. The largest absolute Gasteiger partial charge is 0.373 e. The van der Waals surface area contributed by atoms with Crippen molar-refractivity contribution in [3.05, 3.63) is 18.2 Å². The molecule has 0 amide bonds. The second-order valence-corrected chi connectivity index (χ2v) is 6.23. The van der Waals surface area contributed by atoms with Crippen LogP contribution in [0, 0.1) is 6.92 Å². The number of nitrogens with zero attached hydrogens (tertiary/aromatic N) is 3. The normalized spacial score (nSPS) is 27.4. The highest BCUT2D eigenvalue weighted by molar-refractivity contribution is 5.80. The van der Waals surface area contributed by atoms with E-state index in [2.05, 4.69) is 25.2 Å². The van der Waals surface area contributed by atoms with E-state index in [1.807, 2.05) is 26.4 Å². The molecule has 1 aromatic rings. The van der Waals surface area contributed by atoms with Gasteiger partial charge < -0.3 is 19.9 Å². The summed E-state index contributed by atoms with van der Waals surface area (Å²) < 4.78 is 8.07. The van der Waals surface area contributed by atoms with Crippen molar-refractivity contribution in [3.8, 4) is 0 Å². The number of aryl methyl sites for hydroxylation is 2. The van der Waals surface area contributed by atoms with Gasteiger partial charge in [-0.15, -0.1) is 0 Å². The highest BCUT2D eigenvalue weighted by atomic mass is 16.5. The molecule has 2 N–H and O–H groups in total. The Morgan fingerprint density at radius 3 is 3.00 bits per heavy atom. The molecule has 3 unspecified atom stereocenters. The Balaban J connectivity index is 1.33. The number of hydrogen-bond donors (Lipinski definition) is 2. The molecule has 0 radical (unpaired) electrons. The number of imidazole rings is 1. The number of fused-ring (bicyclic) bond motifs is 2. The van der Waals surface area contributed by atoms with Gasteiger partial charge in [0.1, 0.15) is 5.82 Å². The first-order chi connectivity index (χ1) is 10.8. The fourth-order valence-electron chi connectivity index (χ4n) is 3.41. The van der Waals surface area contributed by atoms with Crippen molar-refractivity contribution in [1.82, 2.24) is 20.2 Å². The van der Waals surface area contributed by atoms with Crippen LogP contribution in [-0.4, -0.2) is 47.4 Å². The molecule has 0 aromatic carbocycles. The van der Waals surface area contributed by atoms with Crippen molar-refractivity contribution in [2.75, 3.05) is 13.6 Å². The van der Waals surface area contributed by atoms with E-state index in [9.17, 15) is 0 Å². The number of hydrogen-bond acceptors (Lipinski definition) is 3. The number of guanidine groups is 1. The summed E-state index contributed by atoms with van der Waals surface area (Å²) >= 11 is 0. The fraction of sp³-hybridized carbons (Fsp3) is 0.750. The number of unbranched alkanes of at least 4 members (excludes halogenated alkanes) is 1. The van der Waals surface area contributed by atoms with Crippen molar-refractivity contribution in [1.29, 1.82) is 0 Å². The Labute approximate surface area is 132 Å². The molecule has 22 heavy (non-hydrogen) atoms. The molecule has 3 rings (SSSR count). The average Bonchev–Trinajstić information content (AvgIpc) is 3.23. The average molecular weight is 305 g/mol. The van der Waals surface area contributed by atoms with Gasteiger partial charge in [0.2, 0.25) is 0 Å². The zero-order chi connectivity index (χ0) is 15.4. The minimum absolute atomic E-state index is 0.382. The topological polar surface area (TPSA) is 63.5 Å². The molecule has 0 saturated carbocycles. The van der Waals surface area contributed by atoms with Crippen LogP contribution in [0.25, 0.3) is 0 Å². The standard InChI is InChI=1S/C16H27N5O/c1-12-18-8-10-21(12)9-4-3-7-19-16(17-2)20-14-11-13-5-6-15(14)22-13/h8,10,13-15H,3-7,9,11H2,1-2H3,(H2,17,19,20). The van der Waals surface area contributed by atoms with Crippen LogP contribution in [0.2, 0.25) is 0 Å². The lowest BCUT2D eigenvalue weighted by molar-refractivity contribution is 0.0992. The number of aromatic nitrogens is 2. The van der Waals surface area contributed by atoms with E-state index in [1.165, 1.54) is 12.8 Å². The van der Waals surface area contributed by atoms with E-state index in [0.29, 0.717) is 18.2 Å². The van der Waals surface area contributed by atoms with Crippen molar-refractivity contribution >= 4 is 5.96 Å². The smallest absolute Gasteiger partial charge is 0.191 e. The Morgan fingerprint density at radius 2 is 2.36 bits per heavy atom. The van der Waals surface area contributed by atoms with E-state index < -0.39 is 0 Å². The van der Waals surface area contributed by atoms with E-state index in [4.69, 9.17) is 4.74 Å². The zero-order valence-electron chi connectivity index (χ0n) is 13.6. The summed E-state index contributed by atoms with van der Waals surface area (Å²) in [4.78, 5) is 8.56. The van der Waals surface area contributed by atoms with Gasteiger partial charge in [-0.3, -0.25) is 4.99 Å². The molecule has 6 nitrogen and oxygen atoms in total. The third-order valence-electron chi connectivity index (χ3n) is 4.69. The maximum absolute atomic E-state index is 5.87. The van der Waals surface area contributed by atoms with Gasteiger partial charge in [0.25, 0.3) is 0 Å². The Kier molecular flexibility index (Phi) is 4.97. The van der Waals surface area contributed by atoms with Gasteiger partial charge in [0.15, 0.2) is 5.96 Å². The van der Waals surface area contributed by atoms with Crippen LogP contribution < -0.4 is 10.6 Å². The molecule has 2 aliphatic heterocycles. The predicted octanol–water partition coefficient (Wildman–Crippen LogP) is 1.46. The van der Waals surface area contributed by atoms with E-state index in [0.717, 1.165) is 44.1 Å². The second kappa shape index (κ2) is 7.13. The van der Waals surface area contributed by atoms with Gasteiger partial charge in [-0.25, -0.2) is 4.98 Å². The summed E-state index contributed by atoms with van der Waals surface area (Å²) in [6.45, 7) is 4.01. The summed E-state index contributed by atoms with van der Waals surface area (Å²) in [6, 6.07) is 0.429. The predicted molar refractivity (Wildman–Crippen MR) is 87.0 cm³/mol. The molecule has 2 aliphatic rings. The lowest BCUT2D eigenvalue weighted by Gasteiger charge is -2.22. The minimum atomic E-state index is 0.382. The van der Waals surface area contributed by atoms with Crippen LogP contribution in [0.3, 0.4) is 0 Å². The van der Waals surface area contributed by atoms with Gasteiger partial charge in [-0.05, 0) is 39.0 Å². The third kappa shape index (κ3) is 3.61. The molecule has 122 valence electrons. The quantitative estimate of drug-likeness (QED) is 0.474. The molecule has 2 bridgehead atoms. The van der Waals surface area contributed by atoms with Gasteiger partial charge >= 0.3 is 0 Å². The number of aliphatic imine (C=N–C) groups is 1. The Hall–Kier alpha value is -1.56. The Bertz CT molecular complexity index is 512. The van der Waals surface area contributed by atoms with Crippen LogP contribution in [0.1, 0.15) is 37.9 Å². The molecule has 3 heterocycles. The van der Waals surface area contributed by atoms with Crippen LogP contribution in [-0.2, 0) is 11.3 Å². The highest BCUT2D eigenvalue weighted by Gasteiger charge is 2.40. The fourth-order valence-corrected chi connectivity index (χ4v) is 3.41. The van der Waals surface area contributed by atoms with Crippen molar-refractivity contribution in [3.63, 3.8) is 0 Å². The van der Waals surface area contributed by atoms with Gasteiger partial charge in [0.05, 0.1) is 18.2 Å². The molecular weight excluding hydrogens is 278 g/mol. The van der Waals surface area contributed by atoms with Crippen LogP contribution in [0.4, 0.5) is 0 Å². The van der Waals surface area contributed by atoms with Crippen molar-refractivity contribution < 1.29 is 4.74 Å². The van der Waals surface area contributed by atoms with Crippen LogP contribution in [0.15, 0.2) is 17.4 Å². The van der Waals surface area contributed by atoms with E-state index in [1.54, 1.807) is 0 Å². The summed E-state index contributed by atoms with van der Waals surface area (Å²) in [7, 11) is 1.83. The van der Waals surface area contributed by atoms with Gasteiger partial charge in [0, 0.05) is 32.5 Å². The minimum Gasteiger partial charge on any atom is -0.373 e. The van der Waals surface area contributed by atoms with Crippen molar-refractivity contribution in [2.45, 2.75) is 63.8 Å². The Morgan fingerprint density at radius 1 is 1.45 bits per heavy atom. The molecule has 1 aromatic heterocycles. The molecule has 0 aliphatic carbocycles. The first-order valence-electron chi connectivity index (χ1n) is 8.36. The second-order valence-electron chi connectivity index (χ2n) is 6.23. The van der Waals surface area contributed by atoms with E-state index >= 15 is 0 Å². The van der Waals surface area contributed by atoms with Gasteiger partial charge in [-0.1, -0.05) is 0 Å². The van der Waals surface area contributed by atoms with E-state index in [-0.39, 0.29) is 0 Å². The molecule has 2 saturated heterocycles. The lowest BCUT2D eigenvalue weighted by Crippen LogP contribution is -2.47. The number of ether oxygens (including phenoxy) is 1. The zero-order valence-corrected chi connectivity index (χ0v) is 13.6. The summed E-state index contributed by atoms with van der Waals surface area (Å²) in [5.74, 6) is 1.99. The summed E-state index contributed by atoms with van der Waals surface area (Å²) in [5, 5.41) is 6.92. The molecule has 2 fully saturated rings. The molecule has 6 heteroatoms. The SMILES string of the molecule is CN=C(NCCCCn1ccnc1C)NC1CC2CCC1O2. The van der Waals surface area contributed by atoms with Crippen LogP contribution >= 0.6 is 0 Å². The van der Waals surface area contributed by atoms with Crippen LogP contribution in [0.5, 0.6) is 0 Å². The van der Waals surface area contributed by atoms with Crippen molar-refractivity contribution in [2.24, 2.45) is 4.99 Å². The number of rotatable bonds is 6. The third-order valence-corrected chi connectivity index (χ3v) is 4.69. The van der Waals surface area contributed by atoms with Gasteiger partial charge in [-0.2, -0.15) is 0 Å². The lowest BCUT2D eigenvalue weighted by atomic mass is 9.96. The first kappa shape index (κ1) is 15.3. The maximum atomic E-state index is 5.87. The maximum Gasteiger partial charge on any atom is 0.191 e. The first-order valence-corrected chi connectivity index (χ1v) is 8.36. The molecule has 3 atom stereocenters.